The number of hydrogen-bond donors (Lipinski definition) is 1. The summed E-state index contributed by atoms with van der Waals surface area (Å²) >= 11 is 5.72. The van der Waals surface area contributed by atoms with E-state index in [1.165, 1.54) is 13.1 Å². The number of hydrogen-bond acceptors (Lipinski definition) is 5. The summed E-state index contributed by atoms with van der Waals surface area (Å²) in [5.41, 5.74) is 0.907. The Bertz CT molecular complexity index is 719. The molecule has 1 heterocycles. The minimum absolute atomic E-state index is 0.276. The van der Waals surface area contributed by atoms with E-state index < -0.39 is 18.0 Å². The Balaban J connectivity index is 1.81. The number of carbonyl (C=O) groups excluding carboxylic acids is 2. The van der Waals surface area contributed by atoms with E-state index in [0.29, 0.717) is 16.6 Å². The van der Waals surface area contributed by atoms with Gasteiger partial charge in [0.1, 0.15) is 11.6 Å². The third kappa shape index (κ3) is 5.24. The molecule has 7 heteroatoms. The van der Waals surface area contributed by atoms with Crippen molar-refractivity contribution in [3.8, 4) is 5.75 Å². The third-order valence-electron chi connectivity index (χ3n) is 3.10. The highest BCUT2D eigenvalue weighted by atomic mass is 35.5. The Morgan fingerprint density at radius 3 is 2.67 bits per heavy atom. The van der Waals surface area contributed by atoms with Crippen LogP contribution in [0.1, 0.15) is 12.5 Å². The van der Waals surface area contributed by atoms with Crippen molar-refractivity contribution in [1.82, 2.24) is 4.98 Å². The number of ether oxygens (including phenoxy) is 2. The van der Waals surface area contributed by atoms with Gasteiger partial charge in [0.2, 0.25) is 0 Å². The predicted molar refractivity (Wildman–Crippen MR) is 90.1 cm³/mol. The first-order valence-corrected chi connectivity index (χ1v) is 7.64. The zero-order valence-electron chi connectivity index (χ0n) is 13.3. The second-order valence-electron chi connectivity index (χ2n) is 5.04. The second-order valence-corrected chi connectivity index (χ2v) is 5.47. The fourth-order valence-electron chi connectivity index (χ4n) is 1.82. The maximum absolute atomic E-state index is 12.0. The van der Waals surface area contributed by atoms with Gasteiger partial charge in [0.15, 0.2) is 12.7 Å². The second kappa shape index (κ2) is 8.31. The summed E-state index contributed by atoms with van der Waals surface area (Å²) in [6.07, 6.45) is 0.430. The number of aryl methyl sites for hydroxylation is 1. The molecule has 1 atom stereocenters. The molecule has 2 rings (SSSR count). The van der Waals surface area contributed by atoms with E-state index in [2.05, 4.69) is 10.3 Å². The lowest BCUT2D eigenvalue weighted by Crippen LogP contribution is -2.32. The quantitative estimate of drug-likeness (QED) is 0.812. The van der Waals surface area contributed by atoms with Gasteiger partial charge in [-0.15, -0.1) is 0 Å². The first-order chi connectivity index (χ1) is 11.5. The van der Waals surface area contributed by atoms with E-state index in [1.54, 1.807) is 18.2 Å². The van der Waals surface area contributed by atoms with Crippen molar-refractivity contribution in [3.63, 3.8) is 0 Å². The number of carbonyl (C=O) groups is 2. The van der Waals surface area contributed by atoms with Crippen LogP contribution in [-0.4, -0.2) is 29.6 Å². The summed E-state index contributed by atoms with van der Waals surface area (Å²) in [6.45, 7) is 3.06. The average molecular weight is 349 g/mol. The van der Waals surface area contributed by atoms with Gasteiger partial charge >= 0.3 is 5.97 Å². The van der Waals surface area contributed by atoms with Crippen LogP contribution in [0.25, 0.3) is 0 Å². The van der Waals surface area contributed by atoms with E-state index >= 15 is 0 Å². The fraction of sp³-hybridized carbons (Fsp3) is 0.235. The summed E-state index contributed by atoms with van der Waals surface area (Å²) < 4.78 is 10.4. The predicted octanol–water partition coefficient (Wildman–Crippen LogP) is 2.99. The minimum Gasteiger partial charge on any atom is -0.482 e. The van der Waals surface area contributed by atoms with Crippen LogP contribution >= 0.6 is 11.6 Å². The van der Waals surface area contributed by atoms with Gasteiger partial charge in [0.25, 0.3) is 5.91 Å². The molecule has 0 radical (unpaired) electrons. The van der Waals surface area contributed by atoms with Crippen molar-refractivity contribution in [3.05, 3.63) is 53.2 Å². The average Bonchev–Trinajstić information content (AvgIpc) is 2.56. The van der Waals surface area contributed by atoms with Crippen LogP contribution in [0.4, 0.5) is 5.82 Å². The topological polar surface area (TPSA) is 77.5 Å². The van der Waals surface area contributed by atoms with Crippen LogP contribution in [-0.2, 0) is 14.3 Å². The molecule has 1 aromatic heterocycles. The lowest BCUT2D eigenvalue weighted by Gasteiger charge is -2.14. The maximum Gasteiger partial charge on any atom is 0.344 e. The third-order valence-corrected chi connectivity index (χ3v) is 3.32. The lowest BCUT2D eigenvalue weighted by molar-refractivity contribution is -0.155. The Hall–Kier alpha value is -2.60. The van der Waals surface area contributed by atoms with Crippen LogP contribution in [0.15, 0.2) is 42.6 Å². The highest BCUT2D eigenvalue weighted by Crippen LogP contribution is 2.16. The van der Waals surface area contributed by atoms with Crippen LogP contribution in [0.3, 0.4) is 0 Å². The fourth-order valence-corrected chi connectivity index (χ4v) is 1.93. The number of amides is 1. The molecule has 0 bridgehead atoms. The Labute approximate surface area is 144 Å². The molecule has 1 amide bonds. The minimum atomic E-state index is -0.976. The number of esters is 1. The van der Waals surface area contributed by atoms with Crippen molar-refractivity contribution < 1.29 is 19.1 Å². The number of halogens is 1. The summed E-state index contributed by atoms with van der Waals surface area (Å²) in [7, 11) is 0. The van der Waals surface area contributed by atoms with Crippen molar-refractivity contribution in [2.24, 2.45) is 0 Å². The molecule has 0 saturated carbocycles. The van der Waals surface area contributed by atoms with E-state index in [1.807, 2.05) is 25.1 Å². The molecule has 0 spiro atoms. The molecule has 1 N–H and O–H groups in total. The smallest absolute Gasteiger partial charge is 0.344 e. The zero-order chi connectivity index (χ0) is 17.5. The highest BCUT2D eigenvalue weighted by Gasteiger charge is 2.18. The maximum atomic E-state index is 12.0. The standard InChI is InChI=1S/C17H17ClN2O4/c1-11-5-3-4-6-14(11)23-10-16(21)24-12(2)17(22)20-15-8-7-13(18)9-19-15/h3-9,12H,10H2,1-2H3,(H,19,20,22)/t12-/m0/s1. The molecule has 0 aliphatic carbocycles. The van der Waals surface area contributed by atoms with E-state index in [-0.39, 0.29) is 6.61 Å². The largest absolute Gasteiger partial charge is 0.482 e. The number of nitrogens with one attached hydrogen (secondary N) is 1. The summed E-state index contributed by atoms with van der Waals surface area (Å²) in [5, 5.41) is 2.99. The van der Waals surface area contributed by atoms with Crippen molar-refractivity contribution >= 4 is 29.3 Å². The van der Waals surface area contributed by atoms with Crippen LogP contribution < -0.4 is 10.1 Å². The number of pyridine rings is 1. The van der Waals surface area contributed by atoms with Gasteiger partial charge in [-0.05, 0) is 37.6 Å². The zero-order valence-corrected chi connectivity index (χ0v) is 14.0. The summed E-state index contributed by atoms with van der Waals surface area (Å²) in [6, 6.07) is 10.5. The van der Waals surface area contributed by atoms with Gasteiger partial charge in [0, 0.05) is 6.20 Å². The molecular formula is C17H17ClN2O4. The molecule has 6 nitrogen and oxygen atoms in total. The number of aromatic nitrogens is 1. The van der Waals surface area contributed by atoms with Crippen LogP contribution in [0.5, 0.6) is 5.75 Å². The number of para-hydroxylation sites is 1. The SMILES string of the molecule is Cc1ccccc1OCC(=O)O[C@@H](C)C(=O)Nc1ccc(Cl)cn1. The molecule has 24 heavy (non-hydrogen) atoms. The molecule has 0 aliphatic heterocycles. The van der Waals surface area contributed by atoms with Gasteiger partial charge in [-0.2, -0.15) is 0 Å². The van der Waals surface area contributed by atoms with E-state index in [9.17, 15) is 9.59 Å². The van der Waals surface area contributed by atoms with Gasteiger partial charge in [-0.3, -0.25) is 4.79 Å². The number of anilines is 1. The molecule has 126 valence electrons. The van der Waals surface area contributed by atoms with Gasteiger partial charge in [-0.25, -0.2) is 9.78 Å². The van der Waals surface area contributed by atoms with Crippen molar-refractivity contribution in [1.29, 1.82) is 0 Å². The van der Waals surface area contributed by atoms with Crippen molar-refractivity contribution in [2.45, 2.75) is 20.0 Å². The molecule has 0 unspecified atom stereocenters. The summed E-state index contributed by atoms with van der Waals surface area (Å²) in [5.74, 6) is -0.209. The Morgan fingerprint density at radius 2 is 2.00 bits per heavy atom. The lowest BCUT2D eigenvalue weighted by atomic mass is 10.2. The Kier molecular flexibility index (Phi) is 6.14. The van der Waals surface area contributed by atoms with E-state index in [4.69, 9.17) is 21.1 Å². The molecule has 0 saturated heterocycles. The van der Waals surface area contributed by atoms with Gasteiger partial charge < -0.3 is 14.8 Å². The monoisotopic (exact) mass is 348 g/mol. The van der Waals surface area contributed by atoms with E-state index in [0.717, 1.165) is 5.56 Å². The van der Waals surface area contributed by atoms with Crippen LogP contribution in [0.2, 0.25) is 5.02 Å². The molecule has 1 aromatic carbocycles. The number of rotatable bonds is 6. The van der Waals surface area contributed by atoms with Gasteiger partial charge in [0.05, 0.1) is 5.02 Å². The van der Waals surface area contributed by atoms with Gasteiger partial charge in [-0.1, -0.05) is 29.8 Å². The molecule has 0 aliphatic rings. The number of nitrogens with zero attached hydrogens (tertiary/aromatic N) is 1. The first kappa shape index (κ1) is 17.7. The normalized spacial score (nSPS) is 11.5. The molecule has 2 aromatic rings. The summed E-state index contributed by atoms with van der Waals surface area (Å²) in [4.78, 5) is 27.7. The van der Waals surface area contributed by atoms with Crippen molar-refractivity contribution in [2.75, 3.05) is 11.9 Å². The highest BCUT2D eigenvalue weighted by molar-refractivity contribution is 6.30. The Morgan fingerprint density at radius 1 is 1.25 bits per heavy atom. The first-order valence-electron chi connectivity index (χ1n) is 7.26. The molecule has 0 fully saturated rings. The molecular weight excluding hydrogens is 332 g/mol. The van der Waals surface area contributed by atoms with Crippen LogP contribution in [0, 0.1) is 6.92 Å². The number of benzene rings is 1.